The molecule has 2 rings (SSSR count). The molecule has 1 aliphatic rings. The summed E-state index contributed by atoms with van der Waals surface area (Å²) in [5, 5.41) is 19.8. The second-order valence-electron chi connectivity index (χ2n) is 11.9. The lowest BCUT2D eigenvalue weighted by atomic mass is 9.83. The summed E-state index contributed by atoms with van der Waals surface area (Å²) in [5.41, 5.74) is 6.93. The highest BCUT2D eigenvalue weighted by Crippen LogP contribution is 2.24. The van der Waals surface area contributed by atoms with Crippen LogP contribution in [0.2, 0.25) is 0 Å². The van der Waals surface area contributed by atoms with Gasteiger partial charge in [0.1, 0.15) is 5.75 Å². The maximum absolute atomic E-state index is 13.1. The van der Waals surface area contributed by atoms with Crippen molar-refractivity contribution in [2.24, 2.45) is 29.4 Å². The van der Waals surface area contributed by atoms with Gasteiger partial charge in [-0.2, -0.15) is 0 Å². The van der Waals surface area contributed by atoms with E-state index in [4.69, 9.17) is 15.2 Å². The lowest BCUT2D eigenvalue weighted by Crippen LogP contribution is -2.45. The van der Waals surface area contributed by atoms with Crippen molar-refractivity contribution in [3.05, 3.63) is 29.8 Å². The van der Waals surface area contributed by atoms with Crippen LogP contribution in [0, 0.1) is 23.7 Å². The number of aliphatic hydroxyl groups is 1. The molecule has 1 saturated heterocycles. The zero-order valence-electron chi connectivity index (χ0n) is 25.9. The lowest BCUT2D eigenvalue weighted by molar-refractivity contribution is -0.128. The van der Waals surface area contributed by atoms with Gasteiger partial charge >= 0.3 is 0 Å². The molecule has 1 aromatic rings. The first-order chi connectivity index (χ1) is 19.5. The number of halogens is 1. The van der Waals surface area contributed by atoms with Gasteiger partial charge in [-0.05, 0) is 62.0 Å². The number of aliphatic hydroxyl groups excluding tert-OH is 1. The number of unbranched alkanes of at least 4 members (excludes halogenated alkanes) is 1. The van der Waals surface area contributed by atoms with E-state index < -0.39 is 18.1 Å². The van der Waals surface area contributed by atoms with Gasteiger partial charge in [-0.1, -0.05) is 39.8 Å². The quantitative estimate of drug-likeness (QED) is 0.151. The Morgan fingerprint density at radius 3 is 2.38 bits per heavy atom. The highest BCUT2D eigenvalue weighted by Gasteiger charge is 2.31. The zero-order chi connectivity index (χ0) is 30.4. The predicted octanol–water partition coefficient (Wildman–Crippen LogP) is 3.05. The van der Waals surface area contributed by atoms with Crippen molar-refractivity contribution >= 4 is 30.1 Å². The fraction of sp³-hybridized carbons (Fsp3) is 0.710. The number of amides is 3. The van der Waals surface area contributed by atoms with Gasteiger partial charge in [0.15, 0.2) is 0 Å². The Labute approximate surface area is 257 Å². The highest BCUT2D eigenvalue weighted by molar-refractivity contribution is 5.96. The topological polar surface area (TPSA) is 152 Å². The first-order valence-electron chi connectivity index (χ1n) is 15.0. The molecule has 0 radical (unpaired) electrons. The Hall–Kier alpha value is -2.40. The molecule has 5 atom stereocenters. The minimum absolute atomic E-state index is 0. The van der Waals surface area contributed by atoms with E-state index in [0.717, 1.165) is 12.8 Å². The number of methoxy groups -OCH3 is 1. The first kappa shape index (κ1) is 37.6. The number of hydrogen-bond acceptors (Lipinski definition) is 7. The number of nitrogens with two attached hydrogens (primary N) is 1. The van der Waals surface area contributed by atoms with Crippen LogP contribution in [0.5, 0.6) is 5.75 Å². The van der Waals surface area contributed by atoms with Gasteiger partial charge in [0.05, 0.1) is 18.3 Å². The van der Waals surface area contributed by atoms with Crippen molar-refractivity contribution in [3.8, 4) is 5.75 Å². The molecule has 10 nitrogen and oxygen atoms in total. The van der Waals surface area contributed by atoms with Gasteiger partial charge in [0, 0.05) is 51.2 Å². The number of carbonyl (C=O) groups excluding carboxylic acids is 3. The molecule has 1 heterocycles. The second kappa shape index (κ2) is 19.7. The fourth-order valence-electron chi connectivity index (χ4n) is 5.03. The van der Waals surface area contributed by atoms with Crippen molar-refractivity contribution in [1.82, 2.24) is 16.0 Å². The Kier molecular flexibility index (Phi) is 17.7. The zero-order valence-corrected chi connectivity index (χ0v) is 26.7. The number of carbonyl (C=O) groups is 3. The number of nitrogens with one attached hydrogen (secondary N) is 3. The van der Waals surface area contributed by atoms with Crippen molar-refractivity contribution in [2.75, 3.05) is 33.4 Å². The molecule has 0 aliphatic carbocycles. The standard InChI is InChI=1S/C31H52N4O6.ClH/c1-20(2)22(18-33-30(38)24-10-6-7-11-28(24)41-15-9-8-14-40-5)16-26(32)27(36)17-25(21(3)4)31(39)34-19-23-12-13-29(37)35-23;/h6-7,10-11,20-23,25-27,36H,8-9,12-19,32H2,1-5H3,(H,33,38)(H,34,39)(H,35,37);1H/t22?,23?,25?,26?,27-;/m1./s1. The third kappa shape index (κ3) is 12.9. The Balaban J connectivity index is 0.00000882. The van der Waals surface area contributed by atoms with Crippen LogP contribution in [-0.4, -0.2) is 74.4 Å². The molecular weight excluding hydrogens is 560 g/mol. The van der Waals surface area contributed by atoms with Gasteiger partial charge in [0.25, 0.3) is 5.91 Å². The van der Waals surface area contributed by atoms with E-state index in [9.17, 15) is 19.5 Å². The summed E-state index contributed by atoms with van der Waals surface area (Å²) in [6.07, 6.45) is 2.77. The number of hydrogen-bond donors (Lipinski definition) is 5. The van der Waals surface area contributed by atoms with Gasteiger partial charge in [-0.3, -0.25) is 14.4 Å². The third-order valence-electron chi connectivity index (χ3n) is 7.91. The minimum Gasteiger partial charge on any atom is -0.493 e. The third-order valence-corrected chi connectivity index (χ3v) is 7.91. The SMILES string of the molecule is COCCCCOc1ccccc1C(=O)NCC(CC(N)[C@H](O)CC(C(=O)NCC1CCC(=O)N1)C(C)C)C(C)C.Cl. The normalized spacial score (nSPS) is 17.6. The number of rotatable bonds is 19. The van der Waals surface area contributed by atoms with E-state index in [1.165, 1.54) is 0 Å². The highest BCUT2D eigenvalue weighted by atomic mass is 35.5. The number of para-hydroxylation sites is 1. The van der Waals surface area contributed by atoms with Crippen molar-refractivity contribution in [1.29, 1.82) is 0 Å². The molecule has 6 N–H and O–H groups in total. The molecule has 0 saturated carbocycles. The average Bonchev–Trinajstić information content (AvgIpc) is 3.36. The van der Waals surface area contributed by atoms with E-state index in [-0.39, 0.29) is 60.3 Å². The molecule has 4 unspecified atom stereocenters. The average molecular weight is 613 g/mol. The second-order valence-corrected chi connectivity index (χ2v) is 11.9. The molecule has 11 heteroatoms. The summed E-state index contributed by atoms with van der Waals surface area (Å²) in [5.74, 6) is 0.0487. The summed E-state index contributed by atoms with van der Waals surface area (Å²) in [6.45, 7) is 10.00. The summed E-state index contributed by atoms with van der Waals surface area (Å²) < 4.78 is 10.9. The molecule has 1 fully saturated rings. The summed E-state index contributed by atoms with van der Waals surface area (Å²) >= 11 is 0. The summed E-state index contributed by atoms with van der Waals surface area (Å²) in [4.78, 5) is 37.4. The van der Waals surface area contributed by atoms with E-state index in [2.05, 4.69) is 29.8 Å². The van der Waals surface area contributed by atoms with Crippen molar-refractivity contribution in [2.45, 2.75) is 84.4 Å². The Bertz CT molecular complexity index is 963. The van der Waals surface area contributed by atoms with E-state index in [1.54, 1.807) is 19.2 Å². The van der Waals surface area contributed by atoms with Crippen LogP contribution in [0.4, 0.5) is 0 Å². The fourth-order valence-corrected chi connectivity index (χ4v) is 5.03. The van der Waals surface area contributed by atoms with E-state index in [1.807, 2.05) is 26.0 Å². The maximum Gasteiger partial charge on any atom is 0.255 e. The van der Waals surface area contributed by atoms with Crippen LogP contribution >= 0.6 is 12.4 Å². The van der Waals surface area contributed by atoms with Crippen LogP contribution in [0.3, 0.4) is 0 Å². The molecule has 0 bridgehead atoms. The number of ether oxygens (including phenoxy) is 2. The van der Waals surface area contributed by atoms with Crippen LogP contribution in [0.15, 0.2) is 24.3 Å². The molecule has 1 aromatic carbocycles. The summed E-state index contributed by atoms with van der Waals surface area (Å²) in [7, 11) is 1.67. The predicted molar refractivity (Wildman–Crippen MR) is 167 cm³/mol. The van der Waals surface area contributed by atoms with Crippen LogP contribution in [-0.2, 0) is 14.3 Å². The summed E-state index contributed by atoms with van der Waals surface area (Å²) in [6, 6.07) is 6.60. The largest absolute Gasteiger partial charge is 0.493 e. The van der Waals surface area contributed by atoms with Gasteiger partial charge in [-0.15, -0.1) is 12.4 Å². The molecule has 0 spiro atoms. The van der Waals surface area contributed by atoms with E-state index >= 15 is 0 Å². The van der Waals surface area contributed by atoms with Gasteiger partial charge in [0.2, 0.25) is 11.8 Å². The Morgan fingerprint density at radius 2 is 1.76 bits per heavy atom. The number of benzene rings is 1. The molecule has 0 aromatic heterocycles. The molecule has 42 heavy (non-hydrogen) atoms. The van der Waals surface area contributed by atoms with Crippen LogP contribution < -0.4 is 26.4 Å². The molecule has 3 amide bonds. The lowest BCUT2D eigenvalue weighted by Gasteiger charge is -2.30. The van der Waals surface area contributed by atoms with Crippen molar-refractivity contribution < 1.29 is 29.0 Å². The smallest absolute Gasteiger partial charge is 0.255 e. The monoisotopic (exact) mass is 612 g/mol. The van der Waals surface area contributed by atoms with E-state index in [0.29, 0.717) is 56.9 Å². The van der Waals surface area contributed by atoms with Gasteiger partial charge < -0.3 is 36.3 Å². The maximum atomic E-state index is 13.1. The molecular formula is C31H53ClN4O6. The minimum atomic E-state index is -0.872. The van der Waals surface area contributed by atoms with Crippen LogP contribution in [0.1, 0.15) is 76.6 Å². The Morgan fingerprint density at radius 1 is 1.07 bits per heavy atom. The van der Waals surface area contributed by atoms with Gasteiger partial charge in [-0.25, -0.2) is 0 Å². The molecule has 240 valence electrons. The first-order valence-corrected chi connectivity index (χ1v) is 15.0. The van der Waals surface area contributed by atoms with Crippen LogP contribution in [0.25, 0.3) is 0 Å². The molecule has 1 aliphatic heterocycles. The van der Waals surface area contributed by atoms with Crippen molar-refractivity contribution in [3.63, 3.8) is 0 Å².